The van der Waals surface area contributed by atoms with Crippen molar-refractivity contribution in [2.24, 2.45) is 7.05 Å². The van der Waals surface area contributed by atoms with Crippen molar-refractivity contribution >= 4 is 35.1 Å². The van der Waals surface area contributed by atoms with Crippen LogP contribution in [0.25, 0.3) is 16.9 Å². The van der Waals surface area contributed by atoms with Crippen LogP contribution in [0, 0.1) is 5.95 Å². The Bertz CT molecular complexity index is 1680. The summed E-state index contributed by atoms with van der Waals surface area (Å²) >= 11 is 6.06. The predicted molar refractivity (Wildman–Crippen MR) is 153 cm³/mol. The average Bonchev–Trinajstić information content (AvgIpc) is 3.53. The first-order valence-corrected chi connectivity index (χ1v) is 13.3. The van der Waals surface area contributed by atoms with E-state index < -0.39 is 23.6 Å². The zero-order chi connectivity index (χ0) is 29.1. The molecule has 4 heterocycles. The van der Waals surface area contributed by atoms with Crippen LogP contribution in [0.15, 0.2) is 60.9 Å². The Labute approximate surface area is 240 Å². The maximum atomic E-state index is 15.7. The van der Waals surface area contributed by atoms with Crippen LogP contribution in [-0.2, 0) is 18.2 Å². The number of aromatic nitrogens is 7. The third kappa shape index (κ3) is 6.77. The number of fused-ring (bicyclic) bond motifs is 1. The number of carbonyl (C=O) groups is 1. The molecule has 41 heavy (non-hydrogen) atoms. The molecular weight excluding hydrogens is 549 g/mol. The molecular formula is C28H29ClFN9O2. The summed E-state index contributed by atoms with van der Waals surface area (Å²) in [5.74, 6) is 0.405. The van der Waals surface area contributed by atoms with E-state index >= 15 is 4.39 Å². The molecule has 5 rings (SSSR count). The molecule has 1 amide bonds. The molecule has 0 radical (unpaired) electrons. The second-order valence-corrected chi connectivity index (χ2v) is 10.9. The number of aryl methyl sites for hydroxylation is 1. The lowest BCUT2D eigenvalue weighted by molar-refractivity contribution is 0.0524. The zero-order valence-electron chi connectivity index (χ0n) is 23.0. The lowest BCUT2D eigenvalue weighted by Gasteiger charge is -2.22. The van der Waals surface area contributed by atoms with Crippen molar-refractivity contribution in [1.29, 1.82) is 0 Å². The van der Waals surface area contributed by atoms with Gasteiger partial charge in [-0.1, -0.05) is 23.7 Å². The van der Waals surface area contributed by atoms with Gasteiger partial charge in [0.25, 0.3) is 0 Å². The van der Waals surface area contributed by atoms with E-state index in [1.807, 2.05) is 12.1 Å². The Hall–Kier alpha value is -4.58. The van der Waals surface area contributed by atoms with E-state index in [-0.39, 0.29) is 6.54 Å². The van der Waals surface area contributed by atoms with E-state index in [1.54, 1.807) is 75.2 Å². The number of carbonyl (C=O) groups excluding carboxylic acids is 1. The first kappa shape index (κ1) is 28.0. The number of amides is 1. The molecule has 0 spiro atoms. The molecule has 0 aliphatic heterocycles. The van der Waals surface area contributed by atoms with Gasteiger partial charge in [-0.15, -0.1) is 10.2 Å². The van der Waals surface area contributed by atoms with E-state index in [0.717, 1.165) is 5.56 Å². The number of hydrogen-bond acceptors (Lipinski definition) is 8. The minimum absolute atomic E-state index is 0.147. The molecule has 0 saturated carbocycles. The van der Waals surface area contributed by atoms with Crippen LogP contribution in [0.1, 0.15) is 38.1 Å². The van der Waals surface area contributed by atoms with Crippen molar-refractivity contribution < 1.29 is 13.9 Å². The predicted octanol–water partition coefficient (Wildman–Crippen LogP) is 5.31. The van der Waals surface area contributed by atoms with Crippen molar-refractivity contribution in [2.75, 3.05) is 11.9 Å². The average molecular weight is 578 g/mol. The molecule has 0 saturated heterocycles. The van der Waals surface area contributed by atoms with Crippen LogP contribution in [0.5, 0.6) is 0 Å². The third-order valence-corrected chi connectivity index (χ3v) is 6.40. The third-order valence-electron chi connectivity index (χ3n) is 6.15. The normalized spacial score (nSPS) is 12.3. The molecule has 212 valence electrons. The number of nitrogens with one attached hydrogen (secondary N) is 2. The second kappa shape index (κ2) is 11.5. The maximum Gasteiger partial charge on any atom is 0.407 e. The van der Waals surface area contributed by atoms with Crippen molar-refractivity contribution in [3.63, 3.8) is 0 Å². The van der Waals surface area contributed by atoms with Crippen LogP contribution in [0.3, 0.4) is 0 Å². The number of pyridine rings is 1. The first-order valence-electron chi connectivity index (χ1n) is 12.9. The highest BCUT2D eigenvalue weighted by atomic mass is 35.5. The van der Waals surface area contributed by atoms with E-state index in [9.17, 15) is 4.79 Å². The van der Waals surface area contributed by atoms with Gasteiger partial charge in [0.2, 0.25) is 11.9 Å². The Morgan fingerprint density at radius 2 is 1.88 bits per heavy atom. The largest absolute Gasteiger partial charge is 0.444 e. The SMILES string of the molecule is Cn1nccc1Nc1nccc(-c2cc(F)n3c(C(CNC(=O)OC(C)(C)C)Cc4ccc(Cl)cc4)nnc3c2)n1. The fourth-order valence-corrected chi connectivity index (χ4v) is 4.40. The van der Waals surface area contributed by atoms with Gasteiger partial charge in [-0.25, -0.2) is 14.8 Å². The van der Waals surface area contributed by atoms with Crippen LogP contribution in [0.2, 0.25) is 5.02 Å². The molecule has 1 atom stereocenters. The monoisotopic (exact) mass is 577 g/mol. The van der Waals surface area contributed by atoms with Gasteiger partial charge in [-0.3, -0.25) is 9.08 Å². The maximum absolute atomic E-state index is 15.7. The van der Waals surface area contributed by atoms with E-state index in [0.29, 0.717) is 45.9 Å². The summed E-state index contributed by atoms with van der Waals surface area (Å²) in [7, 11) is 1.79. The van der Waals surface area contributed by atoms with E-state index in [4.69, 9.17) is 16.3 Å². The highest BCUT2D eigenvalue weighted by Gasteiger charge is 2.24. The smallest absolute Gasteiger partial charge is 0.407 e. The number of benzene rings is 1. The van der Waals surface area contributed by atoms with Gasteiger partial charge < -0.3 is 15.4 Å². The Balaban J connectivity index is 1.45. The number of anilines is 2. The Morgan fingerprint density at radius 1 is 1.10 bits per heavy atom. The highest BCUT2D eigenvalue weighted by Crippen LogP contribution is 2.26. The van der Waals surface area contributed by atoms with Crippen LogP contribution in [0.4, 0.5) is 21.0 Å². The van der Waals surface area contributed by atoms with Crippen molar-refractivity contribution in [2.45, 2.75) is 38.7 Å². The molecule has 0 aliphatic rings. The van der Waals surface area contributed by atoms with Gasteiger partial charge in [-0.2, -0.15) is 9.49 Å². The van der Waals surface area contributed by atoms with Gasteiger partial charge in [-0.05, 0) is 57.0 Å². The van der Waals surface area contributed by atoms with Crippen molar-refractivity contribution in [3.8, 4) is 11.3 Å². The molecule has 1 aromatic carbocycles. The van der Waals surface area contributed by atoms with Crippen LogP contribution >= 0.6 is 11.6 Å². The lowest BCUT2D eigenvalue weighted by atomic mass is 9.98. The fourth-order valence-electron chi connectivity index (χ4n) is 4.28. The summed E-state index contributed by atoms with van der Waals surface area (Å²) in [4.78, 5) is 21.2. The summed E-state index contributed by atoms with van der Waals surface area (Å²) in [5, 5.41) is 19.2. The molecule has 1 unspecified atom stereocenters. The van der Waals surface area contributed by atoms with E-state index in [2.05, 4.69) is 35.9 Å². The molecule has 5 aromatic rings. The second-order valence-electron chi connectivity index (χ2n) is 10.5. The summed E-state index contributed by atoms with van der Waals surface area (Å²) in [6, 6.07) is 13.9. The molecule has 0 aliphatic carbocycles. The first-order chi connectivity index (χ1) is 19.6. The molecule has 0 fully saturated rings. The minimum Gasteiger partial charge on any atom is -0.444 e. The number of alkyl carbamates (subject to hydrolysis) is 1. The topological polar surface area (TPSA) is 124 Å². The minimum atomic E-state index is -0.659. The number of hydrogen-bond donors (Lipinski definition) is 2. The zero-order valence-corrected chi connectivity index (χ0v) is 23.7. The number of halogens is 2. The molecule has 4 aromatic heterocycles. The summed E-state index contributed by atoms with van der Waals surface area (Å²) in [6.45, 7) is 5.50. The number of nitrogens with zero attached hydrogens (tertiary/aromatic N) is 7. The summed E-state index contributed by atoms with van der Waals surface area (Å²) < 4.78 is 24.1. The molecule has 13 heteroatoms. The molecule has 11 nitrogen and oxygen atoms in total. The van der Waals surface area contributed by atoms with Gasteiger partial charge in [0.1, 0.15) is 17.2 Å². The Kier molecular flexibility index (Phi) is 7.84. The van der Waals surface area contributed by atoms with Gasteiger partial charge >= 0.3 is 6.09 Å². The molecule has 0 bridgehead atoms. The van der Waals surface area contributed by atoms with E-state index in [1.165, 1.54) is 10.5 Å². The van der Waals surface area contributed by atoms with Gasteiger partial charge in [0.15, 0.2) is 5.65 Å². The Morgan fingerprint density at radius 3 is 2.59 bits per heavy atom. The van der Waals surface area contributed by atoms with Crippen molar-refractivity contribution in [3.05, 3.63) is 83.3 Å². The van der Waals surface area contributed by atoms with Gasteiger partial charge in [0, 0.05) is 48.4 Å². The number of rotatable bonds is 8. The van der Waals surface area contributed by atoms with Crippen LogP contribution < -0.4 is 10.6 Å². The van der Waals surface area contributed by atoms with Gasteiger partial charge in [0.05, 0.1) is 11.9 Å². The van der Waals surface area contributed by atoms with Crippen molar-refractivity contribution in [1.82, 2.24) is 39.7 Å². The standard InChI is InChI=1S/C28H29ClFN9O2/c1-28(2,3)41-27(40)32-16-19(13-17-5-7-20(29)8-6-17)25-37-36-24-15-18(14-22(30)39(24)25)21-9-11-31-26(34-21)35-23-10-12-33-38(23)4/h5-12,14-15,19H,13,16H2,1-4H3,(H,32,40)(H,31,34,35). The van der Waals surface area contributed by atoms with Crippen LogP contribution in [-0.4, -0.2) is 52.6 Å². The molecule has 2 N–H and O–H groups in total. The fraction of sp³-hybridized carbons (Fsp3) is 0.286. The number of ether oxygens (including phenoxy) is 1. The quantitative estimate of drug-likeness (QED) is 0.238. The highest BCUT2D eigenvalue weighted by molar-refractivity contribution is 6.30. The lowest BCUT2D eigenvalue weighted by Crippen LogP contribution is -2.35. The summed E-state index contributed by atoms with van der Waals surface area (Å²) in [5.41, 5.74) is 1.58. The summed E-state index contributed by atoms with van der Waals surface area (Å²) in [6.07, 6.45) is 3.11.